The maximum Gasteiger partial charge on any atom is 0.414 e. The van der Waals surface area contributed by atoms with Crippen LogP contribution in [0.3, 0.4) is 0 Å². The molecule has 4 rings (SSSR count). The Hall–Kier alpha value is -2.97. The monoisotopic (exact) mass is 517 g/mol. The number of fused-ring (bicyclic) bond motifs is 2. The molecule has 1 heterocycles. The molecule has 0 fully saturated rings. The molecule has 1 unspecified atom stereocenters. The minimum absolute atomic E-state index is 0. The number of hydrogen-bond acceptors (Lipinski definition) is 6. The van der Waals surface area contributed by atoms with E-state index in [9.17, 15) is 9.59 Å². The van der Waals surface area contributed by atoms with Gasteiger partial charge in [-0.05, 0) is 65.8 Å². The Labute approximate surface area is 219 Å². The molecule has 0 saturated carbocycles. The molecule has 2 aromatic carbocycles. The summed E-state index contributed by atoms with van der Waals surface area (Å²) in [6.07, 6.45) is 2.70. The third kappa shape index (κ3) is 6.23. The van der Waals surface area contributed by atoms with Crippen molar-refractivity contribution in [2.24, 2.45) is 0 Å². The Morgan fingerprint density at radius 2 is 1.64 bits per heavy atom. The summed E-state index contributed by atoms with van der Waals surface area (Å²) in [5.74, 6) is 2.66. The molecule has 2 amide bonds. The SMILES string of the molecule is COc1cc2c(cc1OC)CCN(C(=O)CCNCC1Cc3cc(OC(=O)N(C)C)ccc31)CC2.Cl. The van der Waals surface area contributed by atoms with Crippen molar-refractivity contribution in [2.75, 3.05) is 54.5 Å². The average molecular weight is 518 g/mol. The zero-order valence-electron chi connectivity index (χ0n) is 21.5. The average Bonchev–Trinajstić information content (AvgIpc) is 3.05. The van der Waals surface area contributed by atoms with Crippen LogP contribution in [0.1, 0.15) is 34.6 Å². The van der Waals surface area contributed by atoms with E-state index in [4.69, 9.17) is 14.2 Å². The first-order valence-electron chi connectivity index (χ1n) is 12.1. The first-order chi connectivity index (χ1) is 16.9. The van der Waals surface area contributed by atoms with Gasteiger partial charge in [0.05, 0.1) is 14.2 Å². The summed E-state index contributed by atoms with van der Waals surface area (Å²) < 4.78 is 16.2. The highest BCUT2D eigenvalue weighted by Crippen LogP contribution is 2.37. The lowest BCUT2D eigenvalue weighted by molar-refractivity contribution is -0.131. The highest BCUT2D eigenvalue weighted by Gasteiger charge is 2.27. The molecule has 1 N–H and O–H groups in total. The second-order valence-corrected chi connectivity index (χ2v) is 9.33. The number of amides is 2. The standard InChI is InChI=1S/C27H35N3O5.ClH/c1-29(2)27(32)35-22-5-6-23-20(14-22)13-21(23)17-28-10-7-26(31)30-11-8-18-15-24(33-3)25(34-4)16-19(18)9-12-30;/h5-6,14-16,21,28H,7-13,17H2,1-4H3;1H. The number of carbonyl (C=O) groups is 2. The van der Waals surface area contributed by atoms with Crippen molar-refractivity contribution in [3.8, 4) is 17.2 Å². The molecule has 0 bridgehead atoms. The first-order valence-corrected chi connectivity index (χ1v) is 12.1. The molecule has 0 radical (unpaired) electrons. The van der Waals surface area contributed by atoms with Crippen LogP contribution in [0.5, 0.6) is 17.2 Å². The van der Waals surface area contributed by atoms with Crippen molar-refractivity contribution in [1.82, 2.24) is 15.1 Å². The van der Waals surface area contributed by atoms with Crippen LogP contribution >= 0.6 is 12.4 Å². The van der Waals surface area contributed by atoms with Crippen LogP contribution in [0.25, 0.3) is 0 Å². The first kappa shape index (κ1) is 27.6. The van der Waals surface area contributed by atoms with E-state index < -0.39 is 0 Å². The van der Waals surface area contributed by atoms with E-state index in [0.29, 0.717) is 24.6 Å². The Morgan fingerprint density at radius 1 is 1.00 bits per heavy atom. The summed E-state index contributed by atoms with van der Waals surface area (Å²) in [5.41, 5.74) is 4.94. The van der Waals surface area contributed by atoms with Gasteiger partial charge in [-0.1, -0.05) is 6.07 Å². The van der Waals surface area contributed by atoms with Gasteiger partial charge < -0.3 is 29.3 Å². The predicted octanol–water partition coefficient (Wildman–Crippen LogP) is 3.43. The second kappa shape index (κ2) is 12.3. The quantitative estimate of drug-likeness (QED) is 0.540. The maximum absolute atomic E-state index is 12.8. The Balaban J connectivity index is 0.00000361. The third-order valence-electron chi connectivity index (χ3n) is 6.86. The Bertz CT molecular complexity index is 1060. The van der Waals surface area contributed by atoms with Gasteiger partial charge in [0.15, 0.2) is 11.5 Å². The lowest BCUT2D eigenvalue weighted by Crippen LogP contribution is -2.36. The van der Waals surface area contributed by atoms with E-state index in [1.807, 2.05) is 35.2 Å². The normalized spacial score (nSPS) is 15.9. The number of carbonyl (C=O) groups excluding carboxylic acids is 2. The minimum Gasteiger partial charge on any atom is -0.493 e. The van der Waals surface area contributed by atoms with Gasteiger partial charge in [-0.15, -0.1) is 12.4 Å². The number of nitrogens with zero attached hydrogens (tertiary/aromatic N) is 2. The molecule has 2 aliphatic rings. The van der Waals surface area contributed by atoms with Crippen LogP contribution in [-0.2, 0) is 24.1 Å². The number of benzene rings is 2. The van der Waals surface area contributed by atoms with Crippen LogP contribution < -0.4 is 19.5 Å². The summed E-state index contributed by atoms with van der Waals surface area (Å²) >= 11 is 0. The molecule has 0 saturated heterocycles. The van der Waals surface area contributed by atoms with Crippen LogP contribution in [0.4, 0.5) is 4.79 Å². The van der Waals surface area contributed by atoms with Gasteiger partial charge in [0.1, 0.15) is 5.75 Å². The largest absolute Gasteiger partial charge is 0.493 e. The molecule has 2 aromatic rings. The van der Waals surface area contributed by atoms with E-state index in [1.165, 1.54) is 27.2 Å². The minimum atomic E-state index is -0.375. The summed E-state index contributed by atoms with van der Waals surface area (Å²) in [5, 5.41) is 3.45. The van der Waals surface area contributed by atoms with E-state index in [-0.39, 0.29) is 24.4 Å². The van der Waals surface area contributed by atoms with Crippen molar-refractivity contribution in [1.29, 1.82) is 0 Å². The summed E-state index contributed by atoms with van der Waals surface area (Å²) in [6, 6.07) is 9.90. The van der Waals surface area contributed by atoms with Gasteiger partial charge >= 0.3 is 6.09 Å². The summed E-state index contributed by atoms with van der Waals surface area (Å²) in [7, 11) is 6.62. The molecule has 1 aliphatic carbocycles. The van der Waals surface area contributed by atoms with E-state index >= 15 is 0 Å². The van der Waals surface area contributed by atoms with Crippen molar-refractivity contribution in [3.05, 3.63) is 52.6 Å². The number of nitrogens with one attached hydrogen (secondary N) is 1. The van der Waals surface area contributed by atoms with E-state index in [0.717, 1.165) is 50.4 Å². The van der Waals surface area contributed by atoms with Crippen molar-refractivity contribution in [2.45, 2.75) is 31.6 Å². The molecule has 1 atom stereocenters. The van der Waals surface area contributed by atoms with E-state index in [1.54, 1.807) is 28.3 Å². The molecule has 196 valence electrons. The lowest BCUT2D eigenvalue weighted by atomic mass is 9.77. The molecule has 36 heavy (non-hydrogen) atoms. The Morgan fingerprint density at radius 3 is 2.19 bits per heavy atom. The van der Waals surface area contributed by atoms with Gasteiger partial charge in [0.25, 0.3) is 0 Å². The number of halogens is 1. The molecule has 9 heteroatoms. The van der Waals surface area contributed by atoms with Crippen LogP contribution in [0.2, 0.25) is 0 Å². The van der Waals surface area contributed by atoms with Crippen LogP contribution in [-0.4, -0.2) is 76.3 Å². The fourth-order valence-corrected chi connectivity index (χ4v) is 4.77. The van der Waals surface area contributed by atoms with Crippen molar-refractivity contribution >= 4 is 24.4 Å². The molecule has 8 nitrogen and oxygen atoms in total. The molecule has 0 spiro atoms. The Kier molecular flexibility index (Phi) is 9.45. The second-order valence-electron chi connectivity index (χ2n) is 9.33. The van der Waals surface area contributed by atoms with Gasteiger partial charge in [-0.25, -0.2) is 4.79 Å². The number of rotatable bonds is 8. The van der Waals surface area contributed by atoms with E-state index in [2.05, 4.69) is 5.32 Å². The van der Waals surface area contributed by atoms with Crippen molar-refractivity contribution in [3.63, 3.8) is 0 Å². The molecule has 1 aliphatic heterocycles. The van der Waals surface area contributed by atoms with Crippen molar-refractivity contribution < 1.29 is 23.8 Å². The van der Waals surface area contributed by atoms with Crippen LogP contribution in [0.15, 0.2) is 30.3 Å². The lowest BCUT2D eigenvalue weighted by Gasteiger charge is -2.31. The summed E-state index contributed by atoms with van der Waals surface area (Å²) in [6.45, 7) is 2.94. The highest BCUT2D eigenvalue weighted by atomic mass is 35.5. The van der Waals surface area contributed by atoms with Gasteiger partial charge in [0.2, 0.25) is 5.91 Å². The molecular weight excluding hydrogens is 482 g/mol. The highest BCUT2D eigenvalue weighted by molar-refractivity contribution is 5.85. The molecule has 0 aromatic heterocycles. The fraction of sp³-hybridized carbons (Fsp3) is 0.481. The number of hydrogen-bond donors (Lipinski definition) is 1. The fourth-order valence-electron chi connectivity index (χ4n) is 4.77. The molecular formula is C27H36ClN3O5. The zero-order chi connectivity index (χ0) is 24.9. The van der Waals surface area contributed by atoms with Gasteiger partial charge in [-0.3, -0.25) is 4.79 Å². The van der Waals surface area contributed by atoms with Gasteiger partial charge in [0, 0.05) is 52.6 Å². The maximum atomic E-state index is 12.8. The summed E-state index contributed by atoms with van der Waals surface area (Å²) in [4.78, 5) is 27.9. The van der Waals surface area contributed by atoms with Gasteiger partial charge in [-0.2, -0.15) is 0 Å². The number of methoxy groups -OCH3 is 2. The topological polar surface area (TPSA) is 80.3 Å². The zero-order valence-corrected chi connectivity index (χ0v) is 22.3. The predicted molar refractivity (Wildman–Crippen MR) is 141 cm³/mol. The smallest absolute Gasteiger partial charge is 0.414 e. The van der Waals surface area contributed by atoms with Crippen LogP contribution in [0, 0.1) is 0 Å². The number of ether oxygens (including phenoxy) is 3. The third-order valence-corrected chi connectivity index (χ3v) is 6.86.